The lowest BCUT2D eigenvalue weighted by Crippen LogP contribution is -3.12. The van der Waals surface area contributed by atoms with Gasteiger partial charge in [0, 0.05) is 6.42 Å². The highest BCUT2D eigenvalue weighted by molar-refractivity contribution is 5.94. The zero-order chi connectivity index (χ0) is 18.4. The third kappa shape index (κ3) is 3.49. The van der Waals surface area contributed by atoms with Crippen LogP contribution in [0.15, 0.2) is 24.3 Å². The fraction of sp³-hybridized carbons (Fsp3) is 0.696. The van der Waals surface area contributed by atoms with Gasteiger partial charge in [-0.1, -0.05) is 12.1 Å². The maximum absolute atomic E-state index is 13.1. The van der Waals surface area contributed by atoms with Gasteiger partial charge in [0.25, 0.3) is 0 Å². The van der Waals surface area contributed by atoms with E-state index in [0.717, 1.165) is 56.0 Å². The number of anilines is 2. The number of carbonyl (C=O) groups is 1. The van der Waals surface area contributed by atoms with E-state index in [1.54, 1.807) is 4.90 Å². The van der Waals surface area contributed by atoms with Gasteiger partial charge in [-0.3, -0.25) is 4.79 Å². The SMILES string of the molecule is C[NH+]1CCN(c2ccccc2NC(=O)CC23CC4CC(CC(C4)C2)C3)CC1. The Morgan fingerprint density at radius 1 is 1.07 bits per heavy atom. The van der Waals surface area contributed by atoms with Gasteiger partial charge in [-0.15, -0.1) is 0 Å². The molecule has 4 nitrogen and oxygen atoms in total. The standard InChI is InChI=1S/C23H33N3O/c1-25-6-8-26(9-7-25)21-5-3-2-4-20(21)24-22(27)16-23-13-17-10-18(14-23)12-19(11-17)15-23/h2-5,17-19H,6-16H2,1H3,(H,24,27)/p+1. The van der Waals surface area contributed by atoms with Crippen LogP contribution in [0.5, 0.6) is 0 Å². The molecule has 4 heteroatoms. The number of benzene rings is 1. The Kier molecular flexibility index (Phi) is 4.42. The molecule has 2 N–H and O–H groups in total. The fourth-order valence-electron chi connectivity index (χ4n) is 7.03. The van der Waals surface area contributed by atoms with Crippen LogP contribution in [-0.4, -0.2) is 39.1 Å². The Balaban J connectivity index is 1.28. The Hall–Kier alpha value is -1.55. The Morgan fingerprint density at radius 3 is 2.30 bits per heavy atom. The topological polar surface area (TPSA) is 36.8 Å². The molecule has 5 aliphatic rings. The molecular weight excluding hydrogens is 334 g/mol. The Labute approximate surface area is 163 Å². The van der Waals surface area contributed by atoms with E-state index >= 15 is 0 Å². The number of quaternary nitrogens is 1. The summed E-state index contributed by atoms with van der Waals surface area (Å²) in [6.45, 7) is 4.45. The molecule has 1 saturated heterocycles. The van der Waals surface area contributed by atoms with Gasteiger partial charge in [0.05, 0.1) is 44.6 Å². The number of likely N-dealkylation sites (N-methyl/N-ethyl adjacent to an activating group) is 1. The fourth-order valence-corrected chi connectivity index (χ4v) is 7.03. The molecule has 1 amide bonds. The molecule has 1 heterocycles. The molecule has 0 atom stereocenters. The molecule has 0 aromatic heterocycles. The highest BCUT2D eigenvalue weighted by Gasteiger charge is 2.51. The van der Waals surface area contributed by atoms with E-state index in [1.807, 2.05) is 6.07 Å². The van der Waals surface area contributed by atoms with Crippen molar-refractivity contribution in [3.8, 4) is 0 Å². The second-order valence-corrected chi connectivity index (χ2v) is 10.1. The lowest BCUT2D eigenvalue weighted by Gasteiger charge is -2.56. The summed E-state index contributed by atoms with van der Waals surface area (Å²) in [5.74, 6) is 2.96. The molecule has 1 aliphatic heterocycles. The van der Waals surface area contributed by atoms with Crippen LogP contribution in [0.2, 0.25) is 0 Å². The summed E-state index contributed by atoms with van der Waals surface area (Å²) in [7, 11) is 2.26. The van der Waals surface area contributed by atoms with Gasteiger partial charge in [-0.2, -0.15) is 0 Å². The molecule has 27 heavy (non-hydrogen) atoms. The van der Waals surface area contributed by atoms with Gasteiger partial charge in [-0.05, 0) is 73.8 Å². The summed E-state index contributed by atoms with van der Waals surface area (Å²) in [5.41, 5.74) is 2.51. The largest absolute Gasteiger partial charge is 0.359 e. The molecule has 4 saturated carbocycles. The number of hydrogen-bond donors (Lipinski definition) is 2. The van der Waals surface area contributed by atoms with E-state index in [2.05, 4.69) is 35.5 Å². The van der Waals surface area contributed by atoms with Crippen molar-refractivity contribution in [2.24, 2.45) is 23.2 Å². The van der Waals surface area contributed by atoms with Gasteiger partial charge in [-0.25, -0.2) is 0 Å². The van der Waals surface area contributed by atoms with Gasteiger partial charge >= 0.3 is 0 Å². The predicted octanol–water partition coefficient (Wildman–Crippen LogP) is 2.57. The predicted molar refractivity (Wildman–Crippen MR) is 109 cm³/mol. The van der Waals surface area contributed by atoms with E-state index in [4.69, 9.17) is 0 Å². The number of piperazine rings is 1. The number of carbonyl (C=O) groups excluding carboxylic acids is 1. The van der Waals surface area contributed by atoms with Crippen LogP contribution in [0.1, 0.15) is 44.9 Å². The average molecular weight is 369 g/mol. The lowest BCUT2D eigenvalue weighted by atomic mass is 9.49. The summed E-state index contributed by atoms with van der Waals surface area (Å²) in [5, 5.41) is 3.31. The normalized spacial score (nSPS) is 35.4. The highest BCUT2D eigenvalue weighted by Crippen LogP contribution is 2.61. The first-order valence-electron chi connectivity index (χ1n) is 11.0. The van der Waals surface area contributed by atoms with Crippen molar-refractivity contribution < 1.29 is 9.69 Å². The molecule has 0 spiro atoms. The summed E-state index contributed by atoms with van der Waals surface area (Å²) in [6.07, 6.45) is 8.96. The monoisotopic (exact) mass is 368 g/mol. The van der Waals surface area contributed by atoms with Crippen molar-refractivity contribution in [2.45, 2.75) is 44.9 Å². The molecule has 146 valence electrons. The van der Waals surface area contributed by atoms with Crippen molar-refractivity contribution >= 4 is 17.3 Å². The van der Waals surface area contributed by atoms with Crippen LogP contribution >= 0.6 is 0 Å². The van der Waals surface area contributed by atoms with Crippen LogP contribution in [0.4, 0.5) is 11.4 Å². The number of hydrogen-bond acceptors (Lipinski definition) is 2. The quantitative estimate of drug-likeness (QED) is 0.857. The number of nitrogens with one attached hydrogen (secondary N) is 2. The second-order valence-electron chi connectivity index (χ2n) is 10.1. The second kappa shape index (κ2) is 6.80. The molecule has 4 aliphatic carbocycles. The molecule has 6 rings (SSSR count). The first-order chi connectivity index (χ1) is 13.1. The highest BCUT2D eigenvalue weighted by atomic mass is 16.1. The van der Waals surface area contributed by atoms with E-state index in [-0.39, 0.29) is 5.91 Å². The van der Waals surface area contributed by atoms with Crippen molar-refractivity contribution in [2.75, 3.05) is 43.4 Å². The van der Waals surface area contributed by atoms with E-state index in [1.165, 1.54) is 44.2 Å². The zero-order valence-corrected chi connectivity index (χ0v) is 16.7. The van der Waals surface area contributed by atoms with E-state index in [9.17, 15) is 4.79 Å². The average Bonchev–Trinajstić information content (AvgIpc) is 2.61. The number of amides is 1. The molecule has 1 aromatic rings. The summed E-state index contributed by atoms with van der Waals surface area (Å²) in [6, 6.07) is 8.39. The van der Waals surface area contributed by atoms with Crippen LogP contribution in [0.25, 0.3) is 0 Å². The number of para-hydroxylation sites is 2. The van der Waals surface area contributed by atoms with Crippen molar-refractivity contribution in [1.29, 1.82) is 0 Å². The Bertz CT molecular complexity index is 672. The molecule has 1 aromatic carbocycles. The molecular formula is C23H34N3O+. The van der Waals surface area contributed by atoms with Gasteiger partial charge in [0.15, 0.2) is 0 Å². The molecule has 4 bridgehead atoms. The molecule has 0 radical (unpaired) electrons. The van der Waals surface area contributed by atoms with Gasteiger partial charge in [0.1, 0.15) is 0 Å². The summed E-state index contributed by atoms with van der Waals surface area (Å²) >= 11 is 0. The number of rotatable bonds is 4. The van der Waals surface area contributed by atoms with Gasteiger partial charge in [0.2, 0.25) is 5.91 Å². The van der Waals surface area contributed by atoms with Crippen molar-refractivity contribution in [3.05, 3.63) is 24.3 Å². The first kappa shape index (κ1) is 17.5. The third-order valence-electron chi connectivity index (χ3n) is 7.84. The lowest BCUT2D eigenvalue weighted by molar-refractivity contribution is -0.880. The third-order valence-corrected chi connectivity index (χ3v) is 7.84. The Morgan fingerprint density at radius 2 is 1.67 bits per heavy atom. The molecule has 0 unspecified atom stereocenters. The van der Waals surface area contributed by atoms with Crippen LogP contribution < -0.4 is 15.1 Å². The van der Waals surface area contributed by atoms with Crippen LogP contribution in [0.3, 0.4) is 0 Å². The van der Waals surface area contributed by atoms with E-state index in [0.29, 0.717) is 5.41 Å². The minimum Gasteiger partial charge on any atom is -0.359 e. The number of nitrogens with zero attached hydrogens (tertiary/aromatic N) is 1. The minimum absolute atomic E-state index is 0.240. The van der Waals surface area contributed by atoms with Crippen LogP contribution in [0, 0.1) is 23.2 Å². The zero-order valence-electron chi connectivity index (χ0n) is 16.7. The molecule has 5 fully saturated rings. The maximum atomic E-state index is 13.1. The maximum Gasteiger partial charge on any atom is 0.224 e. The smallest absolute Gasteiger partial charge is 0.224 e. The van der Waals surface area contributed by atoms with Crippen LogP contribution in [-0.2, 0) is 4.79 Å². The summed E-state index contributed by atoms with van der Waals surface area (Å²) < 4.78 is 0. The van der Waals surface area contributed by atoms with Gasteiger partial charge < -0.3 is 15.1 Å². The van der Waals surface area contributed by atoms with E-state index < -0.39 is 0 Å². The van der Waals surface area contributed by atoms with Crippen molar-refractivity contribution in [1.82, 2.24) is 0 Å². The summed E-state index contributed by atoms with van der Waals surface area (Å²) in [4.78, 5) is 17.1. The first-order valence-corrected chi connectivity index (χ1v) is 11.0. The minimum atomic E-state index is 0.240. The van der Waals surface area contributed by atoms with Crippen molar-refractivity contribution in [3.63, 3.8) is 0 Å².